The number of halogens is 3. The van der Waals surface area contributed by atoms with Gasteiger partial charge in [0, 0.05) is 57.2 Å². The van der Waals surface area contributed by atoms with Crippen LogP contribution in [0, 0.1) is 0 Å². The fourth-order valence-corrected chi connectivity index (χ4v) is 4.72. The third-order valence-electron chi connectivity index (χ3n) is 5.72. The summed E-state index contributed by atoms with van der Waals surface area (Å²) in [5.41, 5.74) is 1.67. The number of hydrogen-bond donors (Lipinski definition) is 3. The monoisotopic (exact) mass is 574 g/mol. The van der Waals surface area contributed by atoms with Gasteiger partial charge in [-0.2, -0.15) is 13.2 Å². The maximum absolute atomic E-state index is 13.3. The molecule has 2 aromatic rings. The number of anilines is 2. The largest absolute Gasteiger partial charge is 0.497 e. The second-order valence-corrected chi connectivity index (χ2v) is 10.3. The zero-order valence-electron chi connectivity index (χ0n) is 21.9. The van der Waals surface area contributed by atoms with E-state index in [9.17, 15) is 26.4 Å². The van der Waals surface area contributed by atoms with Gasteiger partial charge < -0.3 is 25.0 Å². The first-order chi connectivity index (χ1) is 18.3. The molecule has 2 aromatic carbocycles. The molecule has 10 nitrogen and oxygen atoms in total. The summed E-state index contributed by atoms with van der Waals surface area (Å²) in [5, 5.41) is 10.4. The van der Waals surface area contributed by atoms with Crippen LogP contribution in [-0.2, 0) is 14.8 Å². The van der Waals surface area contributed by atoms with Gasteiger partial charge in [-0.1, -0.05) is 19.4 Å². The van der Waals surface area contributed by atoms with Crippen molar-refractivity contribution in [2.45, 2.75) is 30.8 Å². The standard InChI is InChI=1S/C23H32N4O4S.C2HF3O2/c1-4-5-13-26(2)23(28)21-16-18(9-10-22(21)27-14-11-24-12-15-27)25-32(29,30)20-8-6-7-19(17-20)31-3;3-2(4,5)1(6)7/h6-10,16-17,24-25H,4-5,11-15H2,1-3H3;(H,6,7). The van der Waals surface area contributed by atoms with Crippen LogP contribution in [-0.4, -0.2) is 83.4 Å². The molecule has 3 N–H and O–H groups in total. The van der Waals surface area contributed by atoms with Crippen molar-refractivity contribution < 1.29 is 41.0 Å². The Bertz CT molecular complexity index is 1230. The number of unbranched alkanes of at least 4 members (excludes halogenated alkanes) is 1. The number of methoxy groups -OCH3 is 1. The van der Waals surface area contributed by atoms with Gasteiger partial charge in [-0.05, 0) is 36.8 Å². The molecule has 0 bridgehead atoms. The van der Waals surface area contributed by atoms with Gasteiger partial charge in [-0.25, -0.2) is 13.2 Å². The Morgan fingerprint density at radius 3 is 2.36 bits per heavy atom. The molecule has 39 heavy (non-hydrogen) atoms. The summed E-state index contributed by atoms with van der Waals surface area (Å²) in [6.07, 6.45) is -3.18. The minimum Gasteiger partial charge on any atom is -0.497 e. The van der Waals surface area contributed by atoms with E-state index in [1.54, 1.807) is 36.2 Å². The van der Waals surface area contributed by atoms with Gasteiger partial charge in [-0.15, -0.1) is 0 Å². The molecule has 1 heterocycles. The second kappa shape index (κ2) is 14.0. The number of nitrogens with zero attached hydrogens (tertiary/aromatic N) is 2. The number of carboxylic acids is 1. The predicted octanol–water partition coefficient (Wildman–Crippen LogP) is 3.41. The highest BCUT2D eigenvalue weighted by atomic mass is 32.2. The minimum atomic E-state index is -5.08. The normalized spacial score (nSPS) is 13.6. The number of rotatable bonds is 9. The smallest absolute Gasteiger partial charge is 0.490 e. The van der Waals surface area contributed by atoms with E-state index in [0.29, 0.717) is 23.5 Å². The number of sulfonamides is 1. The molecule has 1 saturated heterocycles. The van der Waals surface area contributed by atoms with E-state index in [1.165, 1.54) is 19.2 Å². The van der Waals surface area contributed by atoms with Crippen molar-refractivity contribution in [3.05, 3.63) is 48.0 Å². The summed E-state index contributed by atoms with van der Waals surface area (Å²) in [5.74, 6) is -2.42. The Labute approximate surface area is 225 Å². The average Bonchev–Trinajstić information content (AvgIpc) is 2.91. The van der Waals surface area contributed by atoms with Crippen molar-refractivity contribution in [1.29, 1.82) is 0 Å². The first kappa shape index (κ1) is 31.7. The molecule has 1 fully saturated rings. The Kier molecular flexibility index (Phi) is 11.4. The highest BCUT2D eigenvalue weighted by molar-refractivity contribution is 7.92. The van der Waals surface area contributed by atoms with Crippen molar-refractivity contribution in [3.63, 3.8) is 0 Å². The van der Waals surface area contributed by atoms with E-state index in [2.05, 4.69) is 21.9 Å². The number of carboxylic acid groups (broad SMARTS) is 1. The summed E-state index contributed by atoms with van der Waals surface area (Å²) in [6.45, 7) is 5.98. The molecule has 0 atom stereocenters. The van der Waals surface area contributed by atoms with Crippen LogP contribution in [0.1, 0.15) is 30.1 Å². The van der Waals surface area contributed by atoms with Gasteiger partial charge in [0.2, 0.25) is 0 Å². The molecule has 0 aromatic heterocycles. The Morgan fingerprint density at radius 1 is 1.15 bits per heavy atom. The van der Waals surface area contributed by atoms with E-state index in [1.807, 2.05) is 6.07 Å². The number of alkyl halides is 3. The zero-order valence-corrected chi connectivity index (χ0v) is 22.7. The lowest BCUT2D eigenvalue weighted by molar-refractivity contribution is -0.192. The van der Waals surface area contributed by atoms with Crippen molar-refractivity contribution in [2.75, 3.05) is 56.5 Å². The predicted molar refractivity (Wildman–Crippen MR) is 141 cm³/mol. The van der Waals surface area contributed by atoms with E-state index < -0.39 is 22.2 Å². The lowest BCUT2D eigenvalue weighted by Gasteiger charge is -2.32. The molecule has 3 rings (SSSR count). The van der Waals surface area contributed by atoms with Gasteiger partial charge in [0.25, 0.3) is 15.9 Å². The number of carbonyl (C=O) groups excluding carboxylic acids is 1. The van der Waals surface area contributed by atoms with E-state index in [-0.39, 0.29) is 10.8 Å². The molecule has 14 heteroatoms. The van der Waals surface area contributed by atoms with Crippen LogP contribution in [0.4, 0.5) is 24.5 Å². The third-order valence-corrected chi connectivity index (χ3v) is 7.10. The molecule has 1 aliphatic heterocycles. The van der Waals surface area contributed by atoms with Crippen molar-refractivity contribution in [3.8, 4) is 5.75 Å². The van der Waals surface area contributed by atoms with Crippen molar-refractivity contribution in [1.82, 2.24) is 10.2 Å². The zero-order chi connectivity index (χ0) is 29.2. The number of nitrogens with one attached hydrogen (secondary N) is 2. The maximum atomic E-state index is 13.3. The summed E-state index contributed by atoms with van der Waals surface area (Å²) in [6, 6.07) is 11.4. The molecule has 1 aliphatic rings. The van der Waals surface area contributed by atoms with Gasteiger partial charge in [0.15, 0.2) is 0 Å². The van der Waals surface area contributed by atoms with Crippen LogP contribution < -0.4 is 19.7 Å². The number of aliphatic carboxylic acids is 1. The molecular formula is C25H33F3N4O6S. The summed E-state index contributed by atoms with van der Waals surface area (Å²) in [4.78, 5) is 26.1. The molecule has 0 spiro atoms. The third kappa shape index (κ3) is 9.32. The molecule has 0 aliphatic carbocycles. The number of benzene rings is 2. The Morgan fingerprint density at radius 2 is 1.79 bits per heavy atom. The highest BCUT2D eigenvalue weighted by Crippen LogP contribution is 2.28. The number of piperazine rings is 1. The molecule has 0 radical (unpaired) electrons. The molecule has 0 saturated carbocycles. The highest BCUT2D eigenvalue weighted by Gasteiger charge is 2.38. The Hall–Kier alpha value is -3.52. The number of hydrogen-bond acceptors (Lipinski definition) is 7. The molecule has 216 valence electrons. The topological polar surface area (TPSA) is 128 Å². The molecular weight excluding hydrogens is 541 g/mol. The average molecular weight is 575 g/mol. The van der Waals surface area contributed by atoms with E-state index in [0.717, 1.165) is 44.7 Å². The first-order valence-electron chi connectivity index (χ1n) is 12.1. The van der Waals surface area contributed by atoms with Gasteiger partial charge >= 0.3 is 12.1 Å². The van der Waals surface area contributed by atoms with E-state index in [4.69, 9.17) is 14.6 Å². The number of amides is 1. The van der Waals surface area contributed by atoms with Crippen molar-refractivity contribution >= 4 is 33.3 Å². The fraction of sp³-hybridized carbons (Fsp3) is 0.440. The van der Waals surface area contributed by atoms with Crippen LogP contribution in [0.25, 0.3) is 0 Å². The van der Waals surface area contributed by atoms with Gasteiger partial charge in [0.05, 0.1) is 17.6 Å². The SMILES string of the molecule is CCCCN(C)C(=O)c1cc(NS(=O)(=O)c2cccc(OC)c2)ccc1N1CCNCC1.O=C(O)C(F)(F)F. The van der Waals surface area contributed by atoms with E-state index >= 15 is 0 Å². The maximum Gasteiger partial charge on any atom is 0.490 e. The summed E-state index contributed by atoms with van der Waals surface area (Å²) < 4.78 is 65.3. The fourth-order valence-electron chi connectivity index (χ4n) is 3.64. The van der Waals surface area contributed by atoms with Crippen LogP contribution in [0.3, 0.4) is 0 Å². The van der Waals surface area contributed by atoms with Crippen LogP contribution in [0.5, 0.6) is 5.75 Å². The lowest BCUT2D eigenvalue weighted by Crippen LogP contribution is -2.44. The van der Waals surface area contributed by atoms with Gasteiger partial charge in [-0.3, -0.25) is 9.52 Å². The quantitative estimate of drug-likeness (QED) is 0.416. The first-order valence-corrected chi connectivity index (χ1v) is 13.6. The van der Waals surface area contributed by atoms with Gasteiger partial charge in [0.1, 0.15) is 5.75 Å². The minimum absolute atomic E-state index is 0.0935. The summed E-state index contributed by atoms with van der Waals surface area (Å²) >= 11 is 0. The lowest BCUT2D eigenvalue weighted by atomic mass is 10.1. The second-order valence-electron chi connectivity index (χ2n) is 8.64. The number of ether oxygens (including phenoxy) is 1. The van der Waals surface area contributed by atoms with Crippen molar-refractivity contribution in [2.24, 2.45) is 0 Å². The van der Waals surface area contributed by atoms with Crippen LogP contribution in [0.15, 0.2) is 47.4 Å². The van der Waals surface area contributed by atoms with Crippen LogP contribution in [0.2, 0.25) is 0 Å². The summed E-state index contributed by atoms with van der Waals surface area (Å²) in [7, 11) is -0.568. The molecule has 0 unspecified atom stereocenters. The number of carbonyl (C=O) groups is 2. The molecule has 1 amide bonds. The van der Waals surface area contributed by atoms with Crippen LogP contribution >= 0.6 is 0 Å². The Balaban J connectivity index is 0.000000673.